The molecule has 0 radical (unpaired) electrons. The van der Waals surface area contributed by atoms with Gasteiger partial charge in [-0.05, 0) is 43.9 Å². The zero-order chi connectivity index (χ0) is 20.2. The van der Waals surface area contributed by atoms with Crippen molar-refractivity contribution in [2.75, 3.05) is 33.3 Å². The molecule has 0 fully saturated rings. The minimum Gasteiger partial charge on any atom is -0.378 e. The molecule has 152 valence electrons. The molecule has 1 aromatic carbocycles. The van der Waals surface area contributed by atoms with E-state index >= 15 is 0 Å². The topological polar surface area (TPSA) is 74.8 Å². The second-order valence-electron chi connectivity index (χ2n) is 6.67. The van der Waals surface area contributed by atoms with Crippen molar-refractivity contribution in [3.63, 3.8) is 0 Å². The van der Waals surface area contributed by atoms with Gasteiger partial charge in [0.25, 0.3) is 5.91 Å². The van der Waals surface area contributed by atoms with Crippen LogP contribution in [-0.2, 0) is 4.74 Å². The number of aryl methyl sites for hydroxylation is 1. The summed E-state index contributed by atoms with van der Waals surface area (Å²) in [4.78, 5) is 16.2. The lowest BCUT2D eigenvalue weighted by atomic mass is 10.0. The van der Waals surface area contributed by atoms with E-state index in [0.717, 1.165) is 13.0 Å². The van der Waals surface area contributed by atoms with E-state index in [1.807, 2.05) is 6.92 Å². The maximum Gasteiger partial charge on any atom is 0.251 e. The summed E-state index contributed by atoms with van der Waals surface area (Å²) in [5.41, 5.74) is 0.836. The van der Waals surface area contributed by atoms with Gasteiger partial charge in [-0.1, -0.05) is 19.9 Å². The molecule has 6 nitrogen and oxygen atoms in total. The highest BCUT2D eigenvalue weighted by molar-refractivity contribution is 5.94. The van der Waals surface area contributed by atoms with Crippen molar-refractivity contribution in [2.45, 2.75) is 40.2 Å². The molecule has 0 aliphatic heterocycles. The number of benzene rings is 1. The highest BCUT2D eigenvalue weighted by atomic mass is 19.1. The van der Waals surface area contributed by atoms with Crippen LogP contribution in [0.2, 0.25) is 0 Å². The molecule has 0 saturated carbocycles. The van der Waals surface area contributed by atoms with Crippen LogP contribution in [0, 0.1) is 18.7 Å². The number of nitrogens with one attached hydrogen (secondary N) is 3. The lowest BCUT2D eigenvalue weighted by Gasteiger charge is -2.21. The van der Waals surface area contributed by atoms with E-state index in [4.69, 9.17) is 4.74 Å². The first kappa shape index (κ1) is 22.9. The number of rotatable bonds is 10. The largest absolute Gasteiger partial charge is 0.378 e. The number of ether oxygens (including phenoxy) is 1. The van der Waals surface area contributed by atoms with Crippen molar-refractivity contribution in [3.05, 3.63) is 35.1 Å². The van der Waals surface area contributed by atoms with Gasteiger partial charge in [0.15, 0.2) is 5.96 Å². The fourth-order valence-corrected chi connectivity index (χ4v) is 2.57. The SMILES string of the molecule is CCOC(CCNC(=NC)NCCNC(=O)c1ccc(C)c(F)c1)C(C)C. The minimum absolute atomic E-state index is 0.217. The number of carbonyl (C=O) groups is 1. The third-order valence-corrected chi connectivity index (χ3v) is 4.21. The number of halogens is 1. The Morgan fingerprint density at radius 1 is 1.19 bits per heavy atom. The van der Waals surface area contributed by atoms with Gasteiger partial charge in [0.1, 0.15) is 5.82 Å². The minimum atomic E-state index is -0.378. The van der Waals surface area contributed by atoms with E-state index in [9.17, 15) is 9.18 Å². The van der Waals surface area contributed by atoms with E-state index in [1.54, 1.807) is 26.1 Å². The number of amides is 1. The van der Waals surface area contributed by atoms with Crippen LogP contribution in [0.5, 0.6) is 0 Å². The van der Waals surface area contributed by atoms with Gasteiger partial charge in [0.2, 0.25) is 0 Å². The second kappa shape index (κ2) is 12.3. The van der Waals surface area contributed by atoms with Crippen LogP contribution in [0.3, 0.4) is 0 Å². The standard InChI is InChI=1S/C20H33FN4O2/c1-6-27-18(14(2)3)9-10-24-20(22-5)25-12-11-23-19(26)16-8-7-15(4)17(21)13-16/h7-8,13-14,18H,6,9-12H2,1-5H3,(H,23,26)(H2,22,24,25). The van der Waals surface area contributed by atoms with Gasteiger partial charge >= 0.3 is 0 Å². The van der Waals surface area contributed by atoms with E-state index in [2.05, 4.69) is 34.8 Å². The summed E-state index contributed by atoms with van der Waals surface area (Å²) in [7, 11) is 1.70. The number of hydrogen-bond donors (Lipinski definition) is 3. The van der Waals surface area contributed by atoms with Gasteiger partial charge in [-0.3, -0.25) is 9.79 Å². The zero-order valence-electron chi connectivity index (χ0n) is 17.1. The van der Waals surface area contributed by atoms with E-state index < -0.39 is 0 Å². The lowest BCUT2D eigenvalue weighted by Crippen LogP contribution is -2.42. The van der Waals surface area contributed by atoms with Crippen LogP contribution in [0.1, 0.15) is 43.1 Å². The van der Waals surface area contributed by atoms with Crippen molar-refractivity contribution in [3.8, 4) is 0 Å². The average Bonchev–Trinajstić information content (AvgIpc) is 2.64. The molecule has 27 heavy (non-hydrogen) atoms. The number of carbonyl (C=O) groups excluding carboxylic acids is 1. The number of nitrogens with zero attached hydrogens (tertiary/aromatic N) is 1. The maximum absolute atomic E-state index is 13.5. The molecule has 1 aromatic rings. The molecule has 1 atom stereocenters. The Morgan fingerprint density at radius 2 is 1.85 bits per heavy atom. The third kappa shape index (κ3) is 8.39. The molecule has 3 N–H and O–H groups in total. The monoisotopic (exact) mass is 380 g/mol. The Kier molecular flexibility index (Phi) is 10.4. The van der Waals surface area contributed by atoms with Gasteiger partial charge in [0, 0.05) is 38.9 Å². The lowest BCUT2D eigenvalue weighted by molar-refractivity contribution is 0.0258. The van der Waals surface area contributed by atoms with E-state index in [-0.39, 0.29) is 17.8 Å². The molecule has 0 aromatic heterocycles. The first-order valence-corrected chi connectivity index (χ1v) is 9.49. The fourth-order valence-electron chi connectivity index (χ4n) is 2.57. The highest BCUT2D eigenvalue weighted by Gasteiger charge is 2.13. The second-order valence-corrected chi connectivity index (χ2v) is 6.67. The molecule has 0 bridgehead atoms. The Bertz CT molecular complexity index is 620. The molecule has 0 heterocycles. The first-order chi connectivity index (χ1) is 12.9. The average molecular weight is 381 g/mol. The first-order valence-electron chi connectivity index (χ1n) is 9.49. The van der Waals surface area contributed by atoms with Gasteiger partial charge in [-0.15, -0.1) is 0 Å². The van der Waals surface area contributed by atoms with Gasteiger partial charge in [-0.25, -0.2) is 4.39 Å². The predicted octanol–water partition coefficient (Wildman–Crippen LogP) is 2.48. The van der Waals surface area contributed by atoms with Crippen LogP contribution in [-0.4, -0.2) is 51.3 Å². The number of hydrogen-bond acceptors (Lipinski definition) is 3. The van der Waals surface area contributed by atoms with E-state index in [0.29, 0.717) is 42.7 Å². The Hall–Kier alpha value is -2.15. The molecule has 0 aliphatic carbocycles. The molecule has 0 aliphatic rings. The van der Waals surface area contributed by atoms with Crippen molar-refractivity contribution in [2.24, 2.45) is 10.9 Å². The van der Waals surface area contributed by atoms with Crippen LogP contribution >= 0.6 is 0 Å². The predicted molar refractivity (Wildman–Crippen MR) is 108 cm³/mol. The maximum atomic E-state index is 13.5. The van der Waals surface area contributed by atoms with Crippen molar-refractivity contribution in [1.82, 2.24) is 16.0 Å². The Morgan fingerprint density at radius 3 is 2.44 bits per heavy atom. The molecule has 1 unspecified atom stereocenters. The quantitative estimate of drug-likeness (QED) is 0.331. The van der Waals surface area contributed by atoms with Gasteiger partial charge in [-0.2, -0.15) is 0 Å². The number of guanidine groups is 1. The molecular formula is C20H33FN4O2. The highest BCUT2D eigenvalue weighted by Crippen LogP contribution is 2.10. The summed E-state index contributed by atoms with van der Waals surface area (Å²) in [6.45, 7) is 10.3. The summed E-state index contributed by atoms with van der Waals surface area (Å²) >= 11 is 0. The van der Waals surface area contributed by atoms with Crippen LogP contribution in [0.4, 0.5) is 4.39 Å². The number of aliphatic imine (C=N–C) groups is 1. The molecular weight excluding hydrogens is 347 g/mol. The zero-order valence-corrected chi connectivity index (χ0v) is 17.1. The van der Waals surface area contributed by atoms with Gasteiger partial charge in [0.05, 0.1) is 6.10 Å². The smallest absolute Gasteiger partial charge is 0.251 e. The van der Waals surface area contributed by atoms with Crippen molar-refractivity contribution >= 4 is 11.9 Å². The molecule has 7 heteroatoms. The van der Waals surface area contributed by atoms with Crippen LogP contribution in [0.15, 0.2) is 23.2 Å². The van der Waals surface area contributed by atoms with Crippen LogP contribution in [0.25, 0.3) is 0 Å². The fraction of sp³-hybridized carbons (Fsp3) is 0.600. The normalized spacial score (nSPS) is 12.8. The third-order valence-electron chi connectivity index (χ3n) is 4.21. The summed E-state index contributed by atoms with van der Waals surface area (Å²) in [5.74, 6) is 0.459. The summed E-state index contributed by atoms with van der Waals surface area (Å²) in [5, 5.41) is 9.14. The molecule has 1 amide bonds. The van der Waals surface area contributed by atoms with Crippen molar-refractivity contribution < 1.29 is 13.9 Å². The molecule has 0 saturated heterocycles. The Labute approximate surface area is 162 Å². The summed E-state index contributed by atoms with van der Waals surface area (Å²) in [6, 6.07) is 4.47. The van der Waals surface area contributed by atoms with Gasteiger partial charge < -0.3 is 20.7 Å². The summed E-state index contributed by atoms with van der Waals surface area (Å²) < 4.78 is 19.3. The van der Waals surface area contributed by atoms with Crippen molar-refractivity contribution in [1.29, 1.82) is 0 Å². The molecule has 0 spiro atoms. The molecule has 1 rings (SSSR count). The van der Waals surface area contributed by atoms with E-state index in [1.165, 1.54) is 6.07 Å². The Balaban J connectivity index is 2.30. The summed E-state index contributed by atoms with van der Waals surface area (Å²) in [6.07, 6.45) is 1.11. The van der Waals surface area contributed by atoms with Crippen LogP contribution < -0.4 is 16.0 Å².